The summed E-state index contributed by atoms with van der Waals surface area (Å²) in [5.74, 6) is 0.534. The Morgan fingerprint density at radius 3 is 2.29 bits per heavy atom. The lowest BCUT2D eigenvalue weighted by Gasteiger charge is -2.09. The molecule has 0 bridgehead atoms. The lowest BCUT2D eigenvalue weighted by Crippen LogP contribution is -2.32. The lowest BCUT2D eigenvalue weighted by atomic mass is 10.1. The first kappa shape index (κ1) is 13.0. The normalized spacial score (nSPS) is 12.6. The fourth-order valence-corrected chi connectivity index (χ4v) is 1.12. The monoisotopic (exact) mass is 233 g/mol. The molecule has 0 unspecified atom stereocenters. The summed E-state index contributed by atoms with van der Waals surface area (Å²) in [4.78, 5) is 9.78. The number of nitrogens with zero attached hydrogens (tertiary/aromatic N) is 3. The highest BCUT2D eigenvalue weighted by Crippen LogP contribution is 2.04. The third-order valence-corrected chi connectivity index (χ3v) is 2.23. The summed E-state index contributed by atoms with van der Waals surface area (Å²) in [5, 5.41) is 0. The summed E-state index contributed by atoms with van der Waals surface area (Å²) in [5.41, 5.74) is 13.6. The Kier molecular flexibility index (Phi) is 4.51. The minimum Gasteiger partial charge on any atom is -0.369 e. The van der Waals surface area contributed by atoms with E-state index in [4.69, 9.17) is 11.5 Å². The van der Waals surface area contributed by atoms with E-state index in [1.807, 2.05) is 31.2 Å². The average Bonchev–Trinajstić information content (AvgIpc) is 2.28. The van der Waals surface area contributed by atoms with Gasteiger partial charge in [0.2, 0.25) is 5.96 Å². The molecular formula is C12H19N5. The Morgan fingerprint density at radius 2 is 1.76 bits per heavy atom. The largest absolute Gasteiger partial charge is 0.369 e. The van der Waals surface area contributed by atoms with Gasteiger partial charge in [-0.25, -0.2) is 4.99 Å². The van der Waals surface area contributed by atoms with Crippen LogP contribution in [0.25, 0.3) is 0 Å². The van der Waals surface area contributed by atoms with Crippen molar-refractivity contribution in [1.29, 1.82) is 0 Å². The standard InChI is InChI=1S/C12H19N5/c1-9-4-6-10(7-5-9)8-15-11(13)16-12(14)17(2)3/h4-7H,8H2,1-3H3,(H4,13,14,15,16). The number of hydrogen-bond acceptors (Lipinski definition) is 1. The molecule has 1 aromatic carbocycles. The van der Waals surface area contributed by atoms with E-state index in [2.05, 4.69) is 9.98 Å². The van der Waals surface area contributed by atoms with Crippen molar-refractivity contribution < 1.29 is 0 Å². The molecule has 0 aromatic heterocycles. The molecule has 0 saturated heterocycles. The molecule has 0 amide bonds. The van der Waals surface area contributed by atoms with Crippen LogP contribution in [0.2, 0.25) is 0 Å². The number of rotatable bonds is 2. The van der Waals surface area contributed by atoms with E-state index in [-0.39, 0.29) is 5.96 Å². The molecule has 0 aliphatic rings. The van der Waals surface area contributed by atoms with Crippen LogP contribution in [-0.4, -0.2) is 30.9 Å². The van der Waals surface area contributed by atoms with Gasteiger partial charge in [-0.2, -0.15) is 4.99 Å². The third kappa shape index (κ3) is 4.55. The van der Waals surface area contributed by atoms with E-state index < -0.39 is 0 Å². The first-order valence-corrected chi connectivity index (χ1v) is 5.36. The molecule has 0 spiro atoms. The van der Waals surface area contributed by atoms with Crippen molar-refractivity contribution in [3.8, 4) is 0 Å². The Labute approximate surface area is 102 Å². The van der Waals surface area contributed by atoms with Crippen LogP contribution in [0.4, 0.5) is 0 Å². The first-order valence-electron chi connectivity index (χ1n) is 5.36. The van der Waals surface area contributed by atoms with Crippen LogP contribution in [0.15, 0.2) is 34.3 Å². The van der Waals surface area contributed by atoms with Crippen molar-refractivity contribution in [2.45, 2.75) is 13.5 Å². The Hall–Kier alpha value is -2.04. The minimum atomic E-state index is 0.191. The van der Waals surface area contributed by atoms with E-state index in [1.165, 1.54) is 5.56 Å². The van der Waals surface area contributed by atoms with Gasteiger partial charge in [0.25, 0.3) is 0 Å². The molecule has 0 aliphatic heterocycles. The summed E-state index contributed by atoms with van der Waals surface area (Å²) < 4.78 is 0. The molecule has 0 atom stereocenters. The van der Waals surface area contributed by atoms with Gasteiger partial charge in [-0.3, -0.25) is 0 Å². The van der Waals surface area contributed by atoms with Crippen molar-refractivity contribution >= 4 is 11.9 Å². The molecule has 1 aromatic rings. The van der Waals surface area contributed by atoms with E-state index in [0.29, 0.717) is 12.5 Å². The first-order chi connectivity index (χ1) is 7.99. The minimum absolute atomic E-state index is 0.191. The van der Waals surface area contributed by atoms with E-state index in [9.17, 15) is 0 Å². The quantitative estimate of drug-likeness (QED) is 0.582. The molecule has 1 rings (SSSR count). The van der Waals surface area contributed by atoms with Crippen LogP contribution in [0.5, 0.6) is 0 Å². The Bertz CT molecular complexity index is 417. The smallest absolute Gasteiger partial charge is 0.218 e. The maximum atomic E-state index is 5.65. The van der Waals surface area contributed by atoms with Crippen molar-refractivity contribution in [3.63, 3.8) is 0 Å². The van der Waals surface area contributed by atoms with Gasteiger partial charge in [-0.15, -0.1) is 0 Å². The second-order valence-electron chi connectivity index (χ2n) is 4.02. The van der Waals surface area contributed by atoms with Crippen LogP contribution >= 0.6 is 0 Å². The molecule has 0 saturated carbocycles. The third-order valence-electron chi connectivity index (χ3n) is 2.23. The lowest BCUT2D eigenvalue weighted by molar-refractivity contribution is 0.615. The zero-order valence-corrected chi connectivity index (χ0v) is 10.5. The summed E-state index contributed by atoms with van der Waals surface area (Å²) in [7, 11) is 3.60. The van der Waals surface area contributed by atoms with Crippen LogP contribution in [-0.2, 0) is 6.54 Å². The topological polar surface area (TPSA) is 80.0 Å². The summed E-state index contributed by atoms with van der Waals surface area (Å²) >= 11 is 0. The molecule has 92 valence electrons. The Morgan fingerprint density at radius 1 is 1.18 bits per heavy atom. The van der Waals surface area contributed by atoms with Crippen molar-refractivity contribution in [2.75, 3.05) is 14.1 Å². The van der Waals surface area contributed by atoms with Crippen molar-refractivity contribution in [2.24, 2.45) is 21.5 Å². The number of guanidine groups is 2. The molecule has 17 heavy (non-hydrogen) atoms. The average molecular weight is 233 g/mol. The maximum Gasteiger partial charge on any atom is 0.218 e. The van der Waals surface area contributed by atoms with Gasteiger partial charge in [0.15, 0.2) is 5.96 Å². The zero-order chi connectivity index (χ0) is 12.8. The van der Waals surface area contributed by atoms with Gasteiger partial charge >= 0.3 is 0 Å². The van der Waals surface area contributed by atoms with Crippen LogP contribution < -0.4 is 11.5 Å². The number of benzene rings is 1. The van der Waals surface area contributed by atoms with E-state index in [0.717, 1.165) is 5.56 Å². The molecule has 5 nitrogen and oxygen atoms in total. The highest BCUT2D eigenvalue weighted by atomic mass is 15.2. The number of nitrogens with two attached hydrogens (primary N) is 2. The molecular weight excluding hydrogens is 214 g/mol. The number of aliphatic imine (C=N–C) groups is 2. The van der Waals surface area contributed by atoms with Gasteiger partial charge in [0, 0.05) is 14.1 Å². The summed E-state index contributed by atoms with van der Waals surface area (Å²) in [6, 6.07) is 8.12. The van der Waals surface area contributed by atoms with Gasteiger partial charge in [0.05, 0.1) is 6.54 Å². The number of aryl methyl sites for hydroxylation is 1. The highest BCUT2D eigenvalue weighted by Gasteiger charge is 1.96. The zero-order valence-electron chi connectivity index (χ0n) is 10.5. The van der Waals surface area contributed by atoms with Crippen LogP contribution in [0.1, 0.15) is 11.1 Å². The molecule has 0 heterocycles. The van der Waals surface area contributed by atoms with Gasteiger partial charge < -0.3 is 16.4 Å². The fourth-order valence-electron chi connectivity index (χ4n) is 1.12. The van der Waals surface area contributed by atoms with E-state index in [1.54, 1.807) is 19.0 Å². The van der Waals surface area contributed by atoms with Gasteiger partial charge in [0.1, 0.15) is 0 Å². The summed E-state index contributed by atoms with van der Waals surface area (Å²) in [6.45, 7) is 2.56. The van der Waals surface area contributed by atoms with Crippen molar-refractivity contribution in [1.82, 2.24) is 4.90 Å². The maximum absolute atomic E-state index is 5.65. The van der Waals surface area contributed by atoms with Gasteiger partial charge in [-0.1, -0.05) is 29.8 Å². The van der Waals surface area contributed by atoms with Crippen LogP contribution in [0, 0.1) is 6.92 Å². The molecule has 0 aliphatic carbocycles. The molecule has 0 fully saturated rings. The molecule has 5 heteroatoms. The Balaban J connectivity index is 2.65. The predicted molar refractivity (Wildman–Crippen MR) is 71.8 cm³/mol. The van der Waals surface area contributed by atoms with E-state index >= 15 is 0 Å². The molecule has 4 N–H and O–H groups in total. The number of hydrogen-bond donors (Lipinski definition) is 2. The highest BCUT2D eigenvalue weighted by molar-refractivity contribution is 5.93. The fraction of sp³-hybridized carbons (Fsp3) is 0.333. The molecule has 0 radical (unpaired) electrons. The second-order valence-corrected chi connectivity index (χ2v) is 4.02. The van der Waals surface area contributed by atoms with Gasteiger partial charge in [-0.05, 0) is 12.5 Å². The predicted octanol–water partition coefficient (Wildman–Crippen LogP) is 0.686. The SMILES string of the molecule is Cc1ccc(CN=C(N)/N=C(\N)N(C)C)cc1. The van der Waals surface area contributed by atoms with Crippen molar-refractivity contribution in [3.05, 3.63) is 35.4 Å². The summed E-state index contributed by atoms with van der Waals surface area (Å²) in [6.07, 6.45) is 0. The van der Waals surface area contributed by atoms with Crippen LogP contribution in [0.3, 0.4) is 0 Å². The second kappa shape index (κ2) is 5.89.